The summed E-state index contributed by atoms with van der Waals surface area (Å²) in [4.78, 5) is 2.40. The maximum absolute atomic E-state index is 3.43. The third-order valence-corrected chi connectivity index (χ3v) is 4.05. The van der Waals surface area contributed by atoms with E-state index in [-0.39, 0.29) is 0 Å². The van der Waals surface area contributed by atoms with Crippen molar-refractivity contribution in [2.45, 2.75) is 33.1 Å². The molecule has 1 aliphatic rings. The van der Waals surface area contributed by atoms with Crippen molar-refractivity contribution >= 4 is 5.69 Å². The lowest BCUT2D eigenvalue weighted by atomic mass is 9.91. The second kappa shape index (κ2) is 6.79. The maximum Gasteiger partial charge on any atom is 0.0366 e. The van der Waals surface area contributed by atoms with E-state index < -0.39 is 0 Å². The molecule has 1 fully saturated rings. The summed E-state index contributed by atoms with van der Waals surface area (Å²) in [5, 5.41) is 3.43. The molecule has 0 aliphatic carbocycles. The standard InChI is InChI=1S/C16H26N2/c1-3-18(4-2)16-7-5-14(6-8-16)13-15-9-11-17-12-10-15/h5-8,15,17H,3-4,9-13H2,1-2H3. The molecule has 0 unspecified atom stereocenters. The minimum Gasteiger partial charge on any atom is -0.372 e. The number of anilines is 1. The molecule has 0 radical (unpaired) electrons. The molecule has 2 nitrogen and oxygen atoms in total. The van der Waals surface area contributed by atoms with E-state index in [0.717, 1.165) is 19.0 Å². The number of benzene rings is 1. The van der Waals surface area contributed by atoms with Crippen LogP contribution in [0.3, 0.4) is 0 Å². The molecule has 1 N–H and O–H groups in total. The summed E-state index contributed by atoms with van der Waals surface area (Å²) in [7, 11) is 0. The highest BCUT2D eigenvalue weighted by Crippen LogP contribution is 2.20. The third-order valence-electron chi connectivity index (χ3n) is 4.05. The van der Waals surface area contributed by atoms with E-state index >= 15 is 0 Å². The van der Waals surface area contributed by atoms with Crippen molar-refractivity contribution in [3.63, 3.8) is 0 Å². The third kappa shape index (κ3) is 3.49. The highest BCUT2D eigenvalue weighted by Gasteiger charge is 2.13. The SMILES string of the molecule is CCN(CC)c1ccc(CC2CCNCC2)cc1. The van der Waals surface area contributed by atoms with Gasteiger partial charge in [-0.15, -0.1) is 0 Å². The van der Waals surface area contributed by atoms with Crippen molar-refractivity contribution in [2.24, 2.45) is 5.92 Å². The van der Waals surface area contributed by atoms with Crippen LogP contribution >= 0.6 is 0 Å². The van der Waals surface area contributed by atoms with Gasteiger partial charge in [0.15, 0.2) is 0 Å². The largest absolute Gasteiger partial charge is 0.372 e. The molecule has 0 amide bonds. The summed E-state index contributed by atoms with van der Waals surface area (Å²) < 4.78 is 0. The van der Waals surface area contributed by atoms with Crippen LogP contribution in [0, 0.1) is 5.92 Å². The number of hydrogen-bond acceptors (Lipinski definition) is 2. The average molecular weight is 246 g/mol. The first-order valence-corrected chi connectivity index (χ1v) is 7.38. The van der Waals surface area contributed by atoms with Crippen molar-refractivity contribution in [3.8, 4) is 0 Å². The maximum atomic E-state index is 3.43. The van der Waals surface area contributed by atoms with Crippen molar-refractivity contribution in [1.29, 1.82) is 0 Å². The fourth-order valence-corrected chi connectivity index (χ4v) is 2.85. The Morgan fingerprint density at radius 3 is 2.22 bits per heavy atom. The summed E-state index contributed by atoms with van der Waals surface area (Å²) >= 11 is 0. The van der Waals surface area contributed by atoms with Crippen molar-refractivity contribution in [2.75, 3.05) is 31.1 Å². The summed E-state index contributed by atoms with van der Waals surface area (Å²) in [6, 6.07) is 9.19. The quantitative estimate of drug-likeness (QED) is 0.859. The molecule has 0 saturated carbocycles. The van der Waals surface area contributed by atoms with Gasteiger partial charge in [-0.3, -0.25) is 0 Å². The predicted octanol–water partition coefficient (Wildman–Crippen LogP) is 3.07. The number of hydrogen-bond donors (Lipinski definition) is 1. The van der Waals surface area contributed by atoms with Crippen LogP contribution in [0.15, 0.2) is 24.3 Å². The molecular weight excluding hydrogens is 220 g/mol. The molecule has 2 heteroatoms. The smallest absolute Gasteiger partial charge is 0.0366 e. The Morgan fingerprint density at radius 1 is 1.06 bits per heavy atom. The van der Waals surface area contributed by atoms with E-state index in [9.17, 15) is 0 Å². The van der Waals surface area contributed by atoms with Crippen LogP contribution in [-0.2, 0) is 6.42 Å². The zero-order chi connectivity index (χ0) is 12.8. The van der Waals surface area contributed by atoms with E-state index in [4.69, 9.17) is 0 Å². The van der Waals surface area contributed by atoms with Crippen molar-refractivity contribution < 1.29 is 0 Å². The molecule has 0 spiro atoms. The van der Waals surface area contributed by atoms with Gasteiger partial charge >= 0.3 is 0 Å². The number of rotatable bonds is 5. The Balaban J connectivity index is 1.94. The molecule has 1 aliphatic heterocycles. The van der Waals surface area contributed by atoms with E-state index in [2.05, 4.69) is 48.3 Å². The molecule has 1 heterocycles. The van der Waals surface area contributed by atoms with Crippen LogP contribution < -0.4 is 10.2 Å². The molecule has 0 bridgehead atoms. The second-order valence-corrected chi connectivity index (χ2v) is 5.24. The lowest BCUT2D eigenvalue weighted by Crippen LogP contribution is -2.28. The number of piperidine rings is 1. The Labute approximate surface area is 111 Å². The minimum atomic E-state index is 0.880. The van der Waals surface area contributed by atoms with Crippen LogP contribution in [0.2, 0.25) is 0 Å². The highest BCUT2D eigenvalue weighted by molar-refractivity contribution is 5.47. The minimum absolute atomic E-state index is 0.880. The molecule has 1 saturated heterocycles. The monoisotopic (exact) mass is 246 g/mol. The van der Waals surface area contributed by atoms with Crippen LogP contribution in [0.4, 0.5) is 5.69 Å². The van der Waals surface area contributed by atoms with Gasteiger partial charge in [0.1, 0.15) is 0 Å². The first kappa shape index (κ1) is 13.4. The molecule has 1 aromatic rings. The first-order valence-electron chi connectivity index (χ1n) is 7.38. The Bertz CT molecular complexity index is 335. The fourth-order valence-electron chi connectivity index (χ4n) is 2.85. The van der Waals surface area contributed by atoms with Gasteiger partial charge in [0.05, 0.1) is 0 Å². The lowest BCUT2D eigenvalue weighted by Gasteiger charge is -2.24. The zero-order valence-corrected chi connectivity index (χ0v) is 11.8. The Kier molecular flexibility index (Phi) is 5.06. The van der Waals surface area contributed by atoms with E-state index in [1.807, 2.05) is 0 Å². The molecule has 0 aromatic heterocycles. The van der Waals surface area contributed by atoms with Gasteiger partial charge in [-0.1, -0.05) is 12.1 Å². The van der Waals surface area contributed by atoms with E-state index in [0.29, 0.717) is 0 Å². The fraction of sp³-hybridized carbons (Fsp3) is 0.625. The second-order valence-electron chi connectivity index (χ2n) is 5.24. The first-order chi connectivity index (χ1) is 8.83. The molecule has 100 valence electrons. The molecule has 2 rings (SSSR count). The van der Waals surface area contributed by atoms with Crippen molar-refractivity contribution in [1.82, 2.24) is 5.32 Å². The van der Waals surface area contributed by atoms with Crippen molar-refractivity contribution in [3.05, 3.63) is 29.8 Å². The molecule has 0 atom stereocenters. The Morgan fingerprint density at radius 2 is 1.67 bits per heavy atom. The normalized spacial score (nSPS) is 16.8. The van der Waals surface area contributed by atoms with E-state index in [1.165, 1.54) is 43.6 Å². The average Bonchev–Trinajstić information content (AvgIpc) is 2.43. The summed E-state index contributed by atoms with van der Waals surface area (Å²) in [5.74, 6) is 0.880. The van der Waals surface area contributed by atoms with Crippen LogP contribution in [0.25, 0.3) is 0 Å². The summed E-state index contributed by atoms with van der Waals surface area (Å²) in [6.07, 6.45) is 3.91. The topological polar surface area (TPSA) is 15.3 Å². The van der Waals surface area contributed by atoms with Gasteiger partial charge < -0.3 is 10.2 Å². The molecular formula is C16H26N2. The summed E-state index contributed by atoms with van der Waals surface area (Å²) in [6.45, 7) is 9.00. The van der Waals surface area contributed by atoms with Crippen LogP contribution in [0.5, 0.6) is 0 Å². The van der Waals surface area contributed by atoms with Gasteiger partial charge in [0, 0.05) is 18.8 Å². The predicted molar refractivity (Wildman–Crippen MR) is 79.3 cm³/mol. The number of nitrogens with zero attached hydrogens (tertiary/aromatic N) is 1. The van der Waals surface area contributed by atoms with Gasteiger partial charge in [0.25, 0.3) is 0 Å². The van der Waals surface area contributed by atoms with Gasteiger partial charge in [-0.2, -0.15) is 0 Å². The highest BCUT2D eigenvalue weighted by atomic mass is 15.1. The van der Waals surface area contributed by atoms with Crippen LogP contribution in [0.1, 0.15) is 32.3 Å². The van der Waals surface area contributed by atoms with Gasteiger partial charge in [0.2, 0.25) is 0 Å². The molecule has 1 aromatic carbocycles. The van der Waals surface area contributed by atoms with Gasteiger partial charge in [-0.05, 0) is 69.8 Å². The summed E-state index contributed by atoms with van der Waals surface area (Å²) in [5.41, 5.74) is 2.85. The lowest BCUT2D eigenvalue weighted by molar-refractivity contribution is 0.372. The number of nitrogens with one attached hydrogen (secondary N) is 1. The zero-order valence-electron chi connectivity index (χ0n) is 11.8. The van der Waals surface area contributed by atoms with Crippen LogP contribution in [-0.4, -0.2) is 26.2 Å². The Hall–Kier alpha value is -1.02. The van der Waals surface area contributed by atoms with E-state index in [1.54, 1.807) is 0 Å². The molecule has 18 heavy (non-hydrogen) atoms. The van der Waals surface area contributed by atoms with Gasteiger partial charge in [-0.25, -0.2) is 0 Å².